The minimum atomic E-state index is -4.30. The molecule has 0 aliphatic rings. The maximum absolute atomic E-state index is 14.0. The molecule has 0 saturated carbocycles. The molecule has 0 radical (unpaired) electrons. The predicted molar refractivity (Wildman–Crippen MR) is 156 cm³/mol. The maximum Gasteiger partial charge on any atom is 0.264 e. The van der Waals surface area contributed by atoms with Crippen LogP contribution in [0.5, 0.6) is 11.5 Å². The molecule has 3 aromatic rings. The van der Waals surface area contributed by atoms with E-state index in [9.17, 15) is 18.0 Å². The Morgan fingerprint density at radius 2 is 1.60 bits per heavy atom. The molecule has 40 heavy (non-hydrogen) atoms. The normalized spacial score (nSPS) is 11.8. The van der Waals surface area contributed by atoms with Crippen molar-refractivity contribution >= 4 is 50.7 Å². The summed E-state index contributed by atoms with van der Waals surface area (Å²) in [5.41, 5.74) is 0.888. The average molecular weight is 609 g/mol. The van der Waals surface area contributed by atoms with Gasteiger partial charge in [-0.1, -0.05) is 35.3 Å². The van der Waals surface area contributed by atoms with Crippen molar-refractivity contribution in [1.82, 2.24) is 10.2 Å². The van der Waals surface area contributed by atoms with Gasteiger partial charge in [-0.3, -0.25) is 13.9 Å². The van der Waals surface area contributed by atoms with Crippen molar-refractivity contribution in [3.05, 3.63) is 82.3 Å². The third-order valence-electron chi connectivity index (χ3n) is 6.10. The number of methoxy groups -OCH3 is 2. The molecule has 1 N–H and O–H groups in total. The smallest absolute Gasteiger partial charge is 0.264 e. The largest absolute Gasteiger partial charge is 0.493 e. The van der Waals surface area contributed by atoms with Crippen LogP contribution in [0.15, 0.2) is 71.6 Å². The Bertz CT molecular complexity index is 1450. The molecule has 0 fully saturated rings. The van der Waals surface area contributed by atoms with E-state index in [0.29, 0.717) is 27.9 Å². The van der Waals surface area contributed by atoms with Gasteiger partial charge in [0.25, 0.3) is 10.0 Å². The predicted octanol–water partition coefficient (Wildman–Crippen LogP) is 4.76. The van der Waals surface area contributed by atoms with Crippen LogP contribution in [-0.4, -0.2) is 58.5 Å². The van der Waals surface area contributed by atoms with Gasteiger partial charge >= 0.3 is 0 Å². The molecule has 0 spiro atoms. The summed E-state index contributed by atoms with van der Waals surface area (Å²) >= 11 is 12.2. The summed E-state index contributed by atoms with van der Waals surface area (Å²) in [4.78, 5) is 27.9. The zero-order valence-electron chi connectivity index (χ0n) is 22.6. The molecule has 9 nitrogen and oxygen atoms in total. The summed E-state index contributed by atoms with van der Waals surface area (Å²) < 4.78 is 39.5. The van der Waals surface area contributed by atoms with Crippen molar-refractivity contribution in [2.45, 2.75) is 31.3 Å². The fourth-order valence-electron chi connectivity index (χ4n) is 3.98. The van der Waals surface area contributed by atoms with Gasteiger partial charge < -0.3 is 19.7 Å². The van der Waals surface area contributed by atoms with E-state index >= 15 is 0 Å². The molecule has 3 rings (SSSR count). The quantitative estimate of drug-likeness (QED) is 0.318. The first kappa shape index (κ1) is 31.1. The van der Waals surface area contributed by atoms with Crippen LogP contribution < -0.4 is 19.1 Å². The van der Waals surface area contributed by atoms with E-state index < -0.39 is 28.5 Å². The van der Waals surface area contributed by atoms with Gasteiger partial charge in [0.1, 0.15) is 12.6 Å². The van der Waals surface area contributed by atoms with Gasteiger partial charge in [0.2, 0.25) is 11.8 Å². The molecule has 2 amide bonds. The minimum Gasteiger partial charge on any atom is -0.493 e. The lowest BCUT2D eigenvalue weighted by molar-refractivity contribution is -0.139. The first-order valence-electron chi connectivity index (χ1n) is 12.3. The number of amides is 2. The second-order valence-electron chi connectivity index (χ2n) is 8.73. The van der Waals surface area contributed by atoms with Crippen molar-refractivity contribution in [3.63, 3.8) is 0 Å². The molecule has 214 valence electrons. The molecular formula is C28H31Cl2N3O6S. The van der Waals surface area contributed by atoms with Gasteiger partial charge in [-0.2, -0.15) is 0 Å². The molecule has 0 aromatic heterocycles. The van der Waals surface area contributed by atoms with E-state index in [1.807, 2.05) is 0 Å². The van der Waals surface area contributed by atoms with Crippen LogP contribution >= 0.6 is 23.2 Å². The number of halogens is 2. The molecule has 0 bridgehead atoms. The van der Waals surface area contributed by atoms with Crippen LogP contribution in [0.3, 0.4) is 0 Å². The maximum atomic E-state index is 14.0. The third-order valence-corrected chi connectivity index (χ3v) is 8.35. The highest BCUT2D eigenvalue weighted by molar-refractivity contribution is 7.92. The highest BCUT2D eigenvalue weighted by atomic mass is 35.5. The fraction of sp³-hybridized carbons (Fsp3) is 0.286. The van der Waals surface area contributed by atoms with E-state index in [2.05, 4.69) is 5.32 Å². The Morgan fingerprint density at radius 1 is 0.925 bits per heavy atom. The topological polar surface area (TPSA) is 105 Å². The zero-order chi connectivity index (χ0) is 29.4. The number of hydrogen-bond acceptors (Lipinski definition) is 6. The molecule has 0 saturated heterocycles. The Kier molecular flexibility index (Phi) is 10.7. The number of benzene rings is 3. The Labute approximate surface area is 244 Å². The van der Waals surface area contributed by atoms with Crippen molar-refractivity contribution < 1.29 is 27.5 Å². The van der Waals surface area contributed by atoms with Gasteiger partial charge in [0.05, 0.1) is 24.8 Å². The Hall–Kier alpha value is -3.47. The SMILES string of the molecule is CCNC(=O)[C@@H](C)N(Cc1cccc(Cl)c1)C(=O)CN(c1ccc(Cl)cc1)S(=O)(=O)c1ccc(OC)c(OC)c1. The summed E-state index contributed by atoms with van der Waals surface area (Å²) in [6, 6.07) is 16.2. The standard InChI is InChI=1S/C28H31Cl2N3O6S/c1-5-31-28(35)19(2)32(17-20-7-6-8-22(30)15-20)27(34)18-33(23-11-9-21(29)10-12-23)40(36,37)24-13-14-25(38-3)26(16-24)39-4/h6-16,19H,5,17-18H2,1-4H3,(H,31,35)/t19-/m1/s1. The molecule has 0 unspecified atom stereocenters. The van der Waals surface area contributed by atoms with Crippen LogP contribution in [-0.2, 0) is 26.2 Å². The Balaban J connectivity index is 2.07. The van der Waals surface area contributed by atoms with Crippen LogP contribution in [0.2, 0.25) is 10.0 Å². The summed E-state index contributed by atoms with van der Waals surface area (Å²) in [7, 11) is -1.47. The van der Waals surface area contributed by atoms with E-state index in [4.69, 9.17) is 32.7 Å². The highest BCUT2D eigenvalue weighted by Gasteiger charge is 2.33. The van der Waals surface area contributed by atoms with E-state index in [1.54, 1.807) is 38.1 Å². The average Bonchev–Trinajstić information content (AvgIpc) is 2.94. The van der Waals surface area contributed by atoms with Crippen LogP contribution in [0.25, 0.3) is 0 Å². The van der Waals surface area contributed by atoms with Gasteiger partial charge in [0.15, 0.2) is 11.5 Å². The number of ether oxygens (including phenoxy) is 2. The lowest BCUT2D eigenvalue weighted by Gasteiger charge is -2.32. The molecule has 0 aliphatic carbocycles. The van der Waals surface area contributed by atoms with E-state index in [1.165, 1.54) is 61.6 Å². The van der Waals surface area contributed by atoms with Crippen LogP contribution in [0.4, 0.5) is 5.69 Å². The van der Waals surface area contributed by atoms with E-state index in [0.717, 1.165) is 4.31 Å². The number of sulfonamides is 1. The molecule has 0 heterocycles. The summed E-state index contributed by atoms with van der Waals surface area (Å²) in [5, 5.41) is 3.58. The van der Waals surface area contributed by atoms with Crippen LogP contribution in [0, 0.1) is 0 Å². The summed E-state index contributed by atoms with van der Waals surface area (Å²) in [6.07, 6.45) is 0. The summed E-state index contributed by atoms with van der Waals surface area (Å²) in [5.74, 6) is -0.422. The molecular weight excluding hydrogens is 577 g/mol. The van der Waals surface area contributed by atoms with Gasteiger partial charge in [0, 0.05) is 29.2 Å². The second kappa shape index (κ2) is 13.7. The fourth-order valence-corrected chi connectivity index (χ4v) is 5.75. The lowest BCUT2D eigenvalue weighted by Crippen LogP contribution is -2.51. The minimum absolute atomic E-state index is 0.0303. The number of hydrogen-bond donors (Lipinski definition) is 1. The molecule has 0 aliphatic heterocycles. The number of likely N-dealkylation sites (N-methyl/N-ethyl adjacent to an activating group) is 1. The number of carbonyl (C=O) groups is 2. The van der Waals surface area contributed by atoms with Crippen molar-refractivity contribution in [1.29, 1.82) is 0 Å². The Morgan fingerprint density at radius 3 is 2.20 bits per heavy atom. The first-order chi connectivity index (χ1) is 19.0. The number of nitrogens with one attached hydrogen (secondary N) is 1. The lowest BCUT2D eigenvalue weighted by atomic mass is 10.1. The monoisotopic (exact) mass is 607 g/mol. The van der Waals surface area contributed by atoms with Crippen molar-refractivity contribution in [2.24, 2.45) is 0 Å². The molecule has 12 heteroatoms. The van der Waals surface area contributed by atoms with Gasteiger partial charge in [-0.05, 0) is 67.9 Å². The van der Waals surface area contributed by atoms with Crippen LogP contribution in [0.1, 0.15) is 19.4 Å². The van der Waals surface area contributed by atoms with Crippen molar-refractivity contribution in [2.75, 3.05) is 31.6 Å². The number of anilines is 1. The number of nitrogens with zero attached hydrogens (tertiary/aromatic N) is 2. The van der Waals surface area contributed by atoms with Crippen molar-refractivity contribution in [3.8, 4) is 11.5 Å². The summed E-state index contributed by atoms with van der Waals surface area (Å²) in [6.45, 7) is 3.16. The number of rotatable bonds is 12. The second-order valence-corrected chi connectivity index (χ2v) is 11.5. The first-order valence-corrected chi connectivity index (χ1v) is 14.5. The third kappa shape index (κ3) is 7.38. The molecule has 1 atom stereocenters. The number of carbonyl (C=O) groups excluding carboxylic acids is 2. The molecule has 3 aromatic carbocycles. The van der Waals surface area contributed by atoms with Gasteiger partial charge in [-0.15, -0.1) is 0 Å². The van der Waals surface area contributed by atoms with E-state index in [-0.39, 0.29) is 28.8 Å². The van der Waals surface area contributed by atoms with Gasteiger partial charge in [-0.25, -0.2) is 8.42 Å². The highest BCUT2D eigenvalue weighted by Crippen LogP contribution is 2.32. The zero-order valence-corrected chi connectivity index (χ0v) is 24.9.